The zero-order chi connectivity index (χ0) is 99.1. The van der Waals surface area contributed by atoms with Crippen LogP contribution in [0.15, 0.2) is 529 Å². The van der Waals surface area contributed by atoms with E-state index in [0.29, 0.717) is 0 Å². The molecular formula is C135H87N15. The minimum atomic E-state index is 0.794. The normalized spacial score (nSPS) is 11.6. The van der Waals surface area contributed by atoms with Crippen LogP contribution in [0.2, 0.25) is 0 Å². The minimum absolute atomic E-state index is 0.794. The third-order valence-corrected chi connectivity index (χ3v) is 28.9. The van der Waals surface area contributed by atoms with Crippen LogP contribution in [0.1, 0.15) is 0 Å². The highest BCUT2D eigenvalue weighted by Gasteiger charge is 2.26. The van der Waals surface area contributed by atoms with Gasteiger partial charge in [-0.15, -0.1) is 0 Å². The summed E-state index contributed by atoms with van der Waals surface area (Å²) in [5.74, 6) is 0.894. The summed E-state index contributed by atoms with van der Waals surface area (Å²) in [4.78, 5) is 43.5. The second kappa shape index (κ2) is 37.0. The molecule has 15 nitrogen and oxygen atoms in total. The molecule has 0 aliphatic carbocycles. The van der Waals surface area contributed by atoms with Crippen molar-refractivity contribution in [1.29, 1.82) is 0 Å². The van der Waals surface area contributed by atoms with Crippen molar-refractivity contribution in [1.82, 2.24) is 72.3 Å². The monoisotopic (exact) mass is 1920 g/mol. The van der Waals surface area contributed by atoms with Crippen LogP contribution in [-0.4, -0.2) is 72.3 Å². The molecule has 0 N–H and O–H groups in total. The highest BCUT2D eigenvalue weighted by Crippen LogP contribution is 2.46. The number of nitrogens with zero attached hydrogens (tertiary/aromatic N) is 15. The average molecular weight is 1920 g/mol. The van der Waals surface area contributed by atoms with Crippen molar-refractivity contribution in [2.45, 2.75) is 0 Å². The zero-order valence-corrected chi connectivity index (χ0v) is 80.9. The molecule has 30 rings (SSSR count). The first-order valence-corrected chi connectivity index (χ1v) is 50.3. The van der Waals surface area contributed by atoms with Crippen LogP contribution < -0.4 is 0 Å². The fourth-order valence-corrected chi connectivity index (χ4v) is 22.1. The van der Waals surface area contributed by atoms with Gasteiger partial charge < -0.3 is 22.8 Å². The molecular weight excluding hydrogens is 1830 g/mol. The fourth-order valence-electron chi connectivity index (χ4n) is 22.1. The summed E-state index contributed by atoms with van der Waals surface area (Å²) in [6.45, 7) is 0. The molecule has 150 heavy (non-hydrogen) atoms. The predicted octanol–water partition coefficient (Wildman–Crippen LogP) is 33.2. The van der Waals surface area contributed by atoms with Gasteiger partial charge in [-0.1, -0.05) is 231 Å². The molecule has 702 valence electrons. The number of aromatic nitrogens is 15. The summed E-state index contributed by atoms with van der Waals surface area (Å²) >= 11 is 0. The molecule has 0 saturated carbocycles. The molecule has 0 aliphatic heterocycles. The Hall–Kier alpha value is -20.6. The van der Waals surface area contributed by atoms with Crippen LogP contribution in [0.3, 0.4) is 0 Å². The van der Waals surface area contributed by atoms with Crippen LogP contribution in [-0.2, 0) is 0 Å². The van der Waals surface area contributed by atoms with Crippen LogP contribution in [0.5, 0.6) is 0 Å². The van der Waals surface area contributed by atoms with Crippen LogP contribution in [0, 0.1) is 0 Å². The summed E-state index contributed by atoms with van der Waals surface area (Å²) in [5.41, 5.74) is 40.3. The first kappa shape index (κ1) is 87.3. The highest BCUT2D eigenvalue weighted by atomic mass is 15.1. The van der Waals surface area contributed by atoms with Crippen molar-refractivity contribution < 1.29 is 0 Å². The van der Waals surface area contributed by atoms with E-state index in [4.69, 9.17) is 34.9 Å². The van der Waals surface area contributed by atoms with Gasteiger partial charge in [-0.05, 0) is 299 Å². The van der Waals surface area contributed by atoms with Crippen molar-refractivity contribution >= 4 is 131 Å². The van der Waals surface area contributed by atoms with E-state index in [1.807, 2.05) is 122 Å². The number of fused-ring (bicyclic) bond motifs is 18. The van der Waals surface area contributed by atoms with E-state index in [2.05, 4.69) is 432 Å². The molecule has 15 heteroatoms. The fraction of sp³-hybridized carbons (Fsp3) is 0. The van der Waals surface area contributed by atoms with E-state index in [-0.39, 0.29) is 0 Å². The van der Waals surface area contributed by atoms with Gasteiger partial charge in [0.05, 0.1) is 128 Å². The van der Waals surface area contributed by atoms with Crippen molar-refractivity contribution in [3.8, 4) is 135 Å². The van der Waals surface area contributed by atoms with Gasteiger partial charge in [-0.3, -0.25) is 39.5 Å². The number of hydrogen-bond donors (Lipinski definition) is 0. The van der Waals surface area contributed by atoms with E-state index >= 15 is 0 Å². The largest absolute Gasteiger partial charge is 0.309 e. The Labute approximate surface area is 861 Å². The minimum Gasteiger partial charge on any atom is -0.309 e. The highest BCUT2D eigenvalue weighted by molar-refractivity contribution is 6.16. The predicted molar refractivity (Wildman–Crippen MR) is 614 cm³/mol. The molecule has 30 aromatic rings. The first-order chi connectivity index (χ1) is 74.4. The summed E-state index contributed by atoms with van der Waals surface area (Å²) < 4.78 is 13.9. The Morgan fingerprint density at radius 2 is 0.400 bits per heavy atom. The number of rotatable bonds is 15. The quantitative estimate of drug-likeness (QED) is 0.0979. The van der Waals surface area contributed by atoms with Gasteiger partial charge in [0.25, 0.3) is 0 Å². The Kier molecular flexibility index (Phi) is 21.5. The van der Waals surface area contributed by atoms with Gasteiger partial charge in [0.2, 0.25) is 0 Å². The maximum Gasteiger partial charge on any atom is 0.138 e. The smallest absolute Gasteiger partial charge is 0.138 e. The summed E-state index contributed by atoms with van der Waals surface area (Å²) in [6, 6.07) is 171. The topological polar surface area (TPSA) is 146 Å². The van der Waals surface area contributed by atoms with Gasteiger partial charge in [-0.25, -0.2) is 9.97 Å². The third kappa shape index (κ3) is 15.4. The van der Waals surface area contributed by atoms with E-state index < -0.39 is 0 Å². The molecule has 0 amide bonds. The molecule has 0 fully saturated rings. The van der Waals surface area contributed by atoms with E-state index in [1.165, 1.54) is 32.3 Å². The SMILES string of the molecule is c1ccc(-c2cc(-c3ccccc3)nc(-n3c4ccccc4c4cc(-c5ccc6c(c5)c5ncccc5n6-c5ccccc5)ccc43)c2)cc1.c1ccc(-n2c3ccc(-c4ccc5c(c4)c4ccccc4n5-c4cc(-c5ccccn5)cc(-c5ccccn5)c4)cc3c3ncccc32)cc1.c1ccc(-n2c3ccc(-c4ccc5c(c4)c4ccccc4n5-c4cc(-c5ccccn5)nc(-c5ccccn5)c4)cc3c3ncccc32)cc1. The lowest BCUT2D eigenvalue weighted by Crippen LogP contribution is -2.00. The maximum atomic E-state index is 5.30. The van der Waals surface area contributed by atoms with E-state index in [0.717, 1.165) is 234 Å². The Bertz CT molecular complexity index is 9330. The van der Waals surface area contributed by atoms with Crippen LogP contribution in [0.25, 0.3) is 267 Å². The molecule has 0 atom stereocenters. The average Bonchev–Trinajstić information content (AvgIpc) is 1.58. The van der Waals surface area contributed by atoms with Crippen LogP contribution >= 0.6 is 0 Å². The third-order valence-electron chi connectivity index (χ3n) is 28.9. The second-order valence-corrected chi connectivity index (χ2v) is 37.6. The second-order valence-electron chi connectivity index (χ2n) is 37.6. The van der Waals surface area contributed by atoms with Gasteiger partial charge in [0.15, 0.2) is 0 Å². The molecule has 0 saturated heterocycles. The van der Waals surface area contributed by atoms with E-state index in [9.17, 15) is 0 Å². The lowest BCUT2D eigenvalue weighted by Gasteiger charge is -2.13. The molecule has 0 unspecified atom stereocenters. The lowest BCUT2D eigenvalue weighted by molar-refractivity contribution is 1.08. The first-order valence-electron chi connectivity index (χ1n) is 50.3. The van der Waals surface area contributed by atoms with Crippen molar-refractivity contribution in [3.05, 3.63) is 529 Å². The van der Waals surface area contributed by atoms with Gasteiger partial charge in [-0.2, -0.15) is 0 Å². The molecule has 15 aromatic heterocycles. The maximum absolute atomic E-state index is 5.30. The Balaban J connectivity index is 0.000000108. The molecule has 0 radical (unpaired) electrons. The molecule has 0 aliphatic rings. The summed E-state index contributed by atoms with van der Waals surface area (Å²) in [5, 5.41) is 10.6. The van der Waals surface area contributed by atoms with Crippen molar-refractivity contribution in [3.63, 3.8) is 0 Å². The van der Waals surface area contributed by atoms with Crippen molar-refractivity contribution in [2.24, 2.45) is 0 Å². The number of pyridine rings is 9. The van der Waals surface area contributed by atoms with E-state index in [1.54, 1.807) is 12.4 Å². The molecule has 0 bridgehead atoms. The van der Waals surface area contributed by atoms with Gasteiger partial charge >= 0.3 is 0 Å². The summed E-state index contributed by atoms with van der Waals surface area (Å²) in [6.07, 6.45) is 12.9. The Morgan fingerprint density at radius 1 is 0.120 bits per heavy atom. The zero-order valence-electron chi connectivity index (χ0n) is 80.9. The number of benzene rings is 15. The summed E-state index contributed by atoms with van der Waals surface area (Å²) in [7, 11) is 0. The molecule has 15 heterocycles. The number of hydrogen-bond acceptors (Lipinski definition) is 9. The van der Waals surface area contributed by atoms with Gasteiger partial charge in [0, 0.05) is 131 Å². The standard InChI is InChI=1S/C46H30N4.C45H29N5.C44H28N6/c1-4-13-31(14-5-1)35-29-40(32-15-6-2-7-16-32)48-45(30-35)50-41-20-11-10-19-37(41)38-27-33(22-24-42(38)50)34-23-25-43-39(28-34)46-44(21-12-26-47-46)49(43)36-17-8-3-9-18-36;1-2-11-34(12-3-1)49-43-21-19-31(29-38(43)45-44(49)17-10-24-48-45)30-18-20-42-37(28-30)36-13-4-5-16-41(36)50(42)35-26-32(39-14-6-8-22-46-39)25-33(27-35)40-15-7-9-23-47-40;1-2-11-31(12-3-1)49-42-21-19-30(26-35(42)44-43(49)17-10-24-47-44)29-18-20-41-34(25-29)33-13-4-5-16-40(33)50(41)32-27-38(36-14-6-8-22-45-36)48-39(28-32)37-15-7-9-23-46-37/h1-30H;1-29H;1-28H. The van der Waals surface area contributed by atoms with Crippen molar-refractivity contribution in [2.75, 3.05) is 0 Å². The van der Waals surface area contributed by atoms with Gasteiger partial charge in [0.1, 0.15) is 5.82 Å². The van der Waals surface area contributed by atoms with Crippen LogP contribution in [0.4, 0.5) is 0 Å². The lowest BCUT2D eigenvalue weighted by atomic mass is 10.0. The Morgan fingerprint density at radius 3 is 0.767 bits per heavy atom. The molecule has 0 spiro atoms. The molecule has 15 aromatic carbocycles. The number of para-hydroxylation sites is 6.